The molecule has 11 nitrogen and oxygen atoms in total. The monoisotopic (exact) mass is 562 g/mol. The van der Waals surface area contributed by atoms with Crippen molar-refractivity contribution < 1.29 is 14.4 Å². The number of nitrogens with zero attached hydrogens (tertiary/aromatic N) is 6. The van der Waals surface area contributed by atoms with Crippen LogP contribution in [0.1, 0.15) is 68.5 Å². The van der Waals surface area contributed by atoms with Crippen molar-refractivity contribution in [1.29, 1.82) is 0 Å². The molecule has 1 aliphatic heterocycles. The zero-order chi connectivity index (χ0) is 29.4. The van der Waals surface area contributed by atoms with E-state index in [0.29, 0.717) is 57.0 Å². The third-order valence-electron chi connectivity index (χ3n) is 7.81. The fourth-order valence-electron chi connectivity index (χ4n) is 5.21. The molecule has 3 aromatic rings. The summed E-state index contributed by atoms with van der Waals surface area (Å²) in [5.74, 6) is 0.761. The first-order valence-electron chi connectivity index (χ1n) is 14.5. The van der Waals surface area contributed by atoms with Gasteiger partial charge in [-0.1, -0.05) is 50.6 Å². The number of fused-ring (bicyclic) bond motifs is 1. The number of carbonyl (C=O) groups is 3. The maximum atomic E-state index is 13.6. The fourth-order valence-corrected chi connectivity index (χ4v) is 5.21. The van der Waals surface area contributed by atoms with Crippen LogP contribution in [0.2, 0.25) is 0 Å². The van der Waals surface area contributed by atoms with Gasteiger partial charge in [0.05, 0.1) is 12.6 Å². The van der Waals surface area contributed by atoms with Crippen molar-refractivity contribution in [3.8, 4) is 0 Å². The number of hydrogen-bond donors (Lipinski definition) is 2. The molecular formula is C30H42N8O3. The molecule has 1 aliphatic rings. The van der Waals surface area contributed by atoms with Crippen molar-refractivity contribution in [2.75, 3.05) is 13.1 Å². The first-order chi connectivity index (χ1) is 19.7. The molecule has 0 bridgehead atoms. The van der Waals surface area contributed by atoms with Crippen LogP contribution >= 0.6 is 0 Å². The summed E-state index contributed by atoms with van der Waals surface area (Å²) in [7, 11) is 1.87. The molecule has 2 aromatic heterocycles. The van der Waals surface area contributed by atoms with Crippen molar-refractivity contribution in [3.63, 3.8) is 0 Å². The molecule has 1 aromatic carbocycles. The van der Waals surface area contributed by atoms with Crippen molar-refractivity contribution in [2.45, 2.75) is 77.9 Å². The number of carbonyl (C=O) groups excluding carboxylic acids is 3. The number of amides is 3. The average Bonchev–Trinajstić information content (AvgIpc) is 3.55. The summed E-state index contributed by atoms with van der Waals surface area (Å²) in [6.45, 7) is 7.09. The van der Waals surface area contributed by atoms with Gasteiger partial charge < -0.3 is 15.5 Å². The van der Waals surface area contributed by atoms with E-state index in [1.807, 2.05) is 73.8 Å². The van der Waals surface area contributed by atoms with Crippen LogP contribution in [0.3, 0.4) is 0 Å². The Morgan fingerprint density at radius 1 is 1.10 bits per heavy atom. The quantitative estimate of drug-likeness (QED) is 0.456. The molecule has 3 heterocycles. The zero-order valence-electron chi connectivity index (χ0n) is 24.5. The van der Waals surface area contributed by atoms with Gasteiger partial charge in [-0.05, 0) is 43.7 Å². The Bertz CT molecular complexity index is 1320. The van der Waals surface area contributed by atoms with E-state index in [2.05, 4.69) is 20.8 Å². The molecule has 0 spiro atoms. The van der Waals surface area contributed by atoms with Crippen LogP contribution in [-0.2, 0) is 40.8 Å². The second kappa shape index (κ2) is 14.0. The molecule has 11 heteroatoms. The van der Waals surface area contributed by atoms with Gasteiger partial charge in [-0.25, -0.2) is 9.67 Å². The van der Waals surface area contributed by atoms with Crippen LogP contribution in [0.25, 0.3) is 0 Å². The van der Waals surface area contributed by atoms with Crippen molar-refractivity contribution in [1.82, 2.24) is 40.1 Å². The molecular weight excluding hydrogens is 520 g/mol. The van der Waals surface area contributed by atoms with Gasteiger partial charge in [-0.15, -0.1) is 0 Å². The highest BCUT2D eigenvalue weighted by Gasteiger charge is 2.30. The third kappa shape index (κ3) is 8.02. The number of aromatic nitrogens is 5. The summed E-state index contributed by atoms with van der Waals surface area (Å²) < 4.78 is 3.59. The van der Waals surface area contributed by atoms with E-state index in [1.165, 1.54) is 0 Å². The normalized spacial score (nSPS) is 19.6. The van der Waals surface area contributed by atoms with Crippen LogP contribution < -0.4 is 10.6 Å². The van der Waals surface area contributed by atoms with E-state index in [0.717, 1.165) is 17.7 Å². The van der Waals surface area contributed by atoms with Gasteiger partial charge in [0.1, 0.15) is 17.7 Å². The predicted molar refractivity (Wildman–Crippen MR) is 155 cm³/mol. The topological polar surface area (TPSA) is 127 Å². The number of nitrogens with one attached hydrogen (secondary N) is 2. The van der Waals surface area contributed by atoms with Gasteiger partial charge in [0, 0.05) is 44.9 Å². The summed E-state index contributed by atoms with van der Waals surface area (Å²) in [5.41, 5.74) is 2.03. The molecule has 220 valence electrons. The lowest BCUT2D eigenvalue weighted by molar-refractivity contribution is -0.132. The first kappa shape index (κ1) is 30.0. The van der Waals surface area contributed by atoms with Crippen LogP contribution in [0.5, 0.6) is 0 Å². The maximum Gasteiger partial charge on any atom is 0.243 e. The molecule has 3 atom stereocenters. The van der Waals surface area contributed by atoms with Crippen LogP contribution in [0.15, 0.2) is 42.6 Å². The highest BCUT2D eigenvalue weighted by Crippen LogP contribution is 2.20. The molecule has 0 aliphatic carbocycles. The Kier molecular flexibility index (Phi) is 10.3. The third-order valence-corrected chi connectivity index (χ3v) is 7.81. The van der Waals surface area contributed by atoms with E-state index in [-0.39, 0.29) is 30.1 Å². The minimum atomic E-state index is -0.678. The maximum absolute atomic E-state index is 13.6. The second-order valence-electron chi connectivity index (χ2n) is 10.9. The van der Waals surface area contributed by atoms with Gasteiger partial charge in [0.25, 0.3) is 0 Å². The van der Waals surface area contributed by atoms with Gasteiger partial charge in [0.15, 0.2) is 0 Å². The lowest BCUT2D eigenvalue weighted by atomic mass is 9.97. The highest BCUT2D eigenvalue weighted by atomic mass is 16.2. The Labute approximate surface area is 241 Å². The lowest BCUT2D eigenvalue weighted by Crippen LogP contribution is -2.51. The molecule has 0 unspecified atom stereocenters. The smallest absolute Gasteiger partial charge is 0.243 e. The summed E-state index contributed by atoms with van der Waals surface area (Å²) in [6, 6.07) is 10.7. The van der Waals surface area contributed by atoms with Crippen molar-refractivity contribution in [2.24, 2.45) is 13.0 Å². The second-order valence-corrected chi connectivity index (χ2v) is 10.9. The van der Waals surface area contributed by atoms with Gasteiger partial charge >= 0.3 is 0 Å². The molecule has 2 N–H and O–H groups in total. The lowest BCUT2D eigenvalue weighted by Gasteiger charge is -2.28. The number of aryl methyl sites for hydroxylation is 3. The predicted octanol–water partition coefficient (Wildman–Crippen LogP) is 2.51. The van der Waals surface area contributed by atoms with E-state index < -0.39 is 12.1 Å². The van der Waals surface area contributed by atoms with Crippen LogP contribution in [0, 0.1) is 12.8 Å². The Balaban J connectivity index is 1.63. The number of hydrogen-bond acceptors (Lipinski definition) is 6. The molecule has 4 rings (SSSR count). The molecule has 0 saturated carbocycles. The summed E-state index contributed by atoms with van der Waals surface area (Å²) in [4.78, 5) is 46.5. The van der Waals surface area contributed by atoms with Crippen molar-refractivity contribution >= 4 is 17.7 Å². The van der Waals surface area contributed by atoms with Gasteiger partial charge in [-0.3, -0.25) is 19.1 Å². The summed E-state index contributed by atoms with van der Waals surface area (Å²) >= 11 is 0. The van der Waals surface area contributed by atoms with E-state index >= 15 is 0 Å². The highest BCUT2D eigenvalue weighted by molar-refractivity contribution is 5.88. The molecule has 0 saturated heterocycles. The van der Waals surface area contributed by atoms with Crippen molar-refractivity contribution in [3.05, 3.63) is 65.5 Å². The van der Waals surface area contributed by atoms with Crippen LogP contribution in [0.4, 0.5) is 0 Å². The molecule has 41 heavy (non-hydrogen) atoms. The van der Waals surface area contributed by atoms with Gasteiger partial charge in [0.2, 0.25) is 17.7 Å². The summed E-state index contributed by atoms with van der Waals surface area (Å²) in [6.07, 6.45) is 4.63. The fraction of sp³-hybridized carbons (Fsp3) is 0.533. The minimum absolute atomic E-state index is 0.0173. The van der Waals surface area contributed by atoms with E-state index in [4.69, 9.17) is 4.98 Å². The minimum Gasteiger partial charge on any atom is -0.344 e. The Morgan fingerprint density at radius 2 is 1.88 bits per heavy atom. The summed E-state index contributed by atoms with van der Waals surface area (Å²) in [5, 5.41) is 15.0. The van der Waals surface area contributed by atoms with E-state index in [1.54, 1.807) is 10.9 Å². The zero-order valence-corrected chi connectivity index (χ0v) is 24.5. The first-order valence-corrected chi connectivity index (χ1v) is 14.5. The average molecular weight is 563 g/mol. The van der Waals surface area contributed by atoms with Crippen LogP contribution in [-0.4, -0.2) is 66.3 Å². The van der Waals surface area contributed by atoms with E-state index in [9.17, 15) is 14.4 Å². The standard InChI is InChI=1S/C30H42N8O3/c1-5-21(2)28-30(41)33-25(20-23-10-7-6-8-11-23)29-32-22(3)35-38(29)19-18-37(17-9-12-26(39)34-28)27(40)14-13-24-15-16-31-36(24)4/h6-8,10-11,15-16,21,25,28H,5,9,12-14,17-20H2,1-4H3,(H,33,41)(H,34,39)/t21-,25-,28-/m0/s1. The molecule has 0 radical (unpaired) electrons. The Hall–Kier alpha value is -4.02. The number of rotatable bonds is 7. The van der Waals surface area contributed by atoms with Gasteiger partial charge in [-0.2, -0.15) is 10.2 Å². The SMILES string of the molecule is CC[C@H](C)[C@@H]1NC(=O)CCCN(C(=O)CCc2ccnn2C)CCn2nc(C)nc2[C@H](Cc2ccccc2)NC1=O. The number of benzene rings is 1. The molecule has 3 amide bonds. The largest absolute Gasteiger partial charge is 0.344 e. The Morgan fingerprint density at radius 3 is 2.59 bits per heavy atom. The molecule has 0 fully saturated rings.